The summed E-state index contributed by atoms with van der Waals surface area (Å²) in [7, 11) is 0. The number of aliphatic hydroxyl groups is 1. The predicted octanol–water partition coefficient (Wildman–Crippen LogP) is 3.46. The zero-order valence-corrected chi connectivity index (χ0v) is 22.2. The molecule has 3 N–H and O–H groups in total. The van der Waals surface area contributed by atoms with Crippen LogP contribution in [0.5, 0.6) is 0 Å². The second-order valence-electron chi connectivity index (χ2n) is 8.59. The number of benzene rings is 1. The van der Waals surface area contributed by atoms with E-state index in [0.29, 0.717) is 63.8 Å². The largest absolute Gasteiger partial charge is 0.395 e. The van der Waals surface area contributed by atoms with Crippen LogP contribution in [0.25, 0.3) is 11.5 Å². The van der Waals surface area contributed by atoms with Crippen LogP contribution in [0.3, 0.4) is 0 Å². The Bertz CT molecular complexity index is 1390. The van der Waals surface area contributed by atoms with Crippen LogP contribution in [0.1, 0.15) is 15.2 Å². The first-order valence-corrected chi connectivity index (χ1v) is 13.2. The van der Waals surface area contributed by atoms with Gasteiger partial charge in [0.2, 0.25) is 11.9 Å². The molecule has 5 rings (SSSR count). The number of halogens is 1. The molecule has 1 amide bonds. The smallest absolute Gasteiger partial charge is 0.267 e. The van der Waals surface area contributed by atoms with E-state index in [-0.39, 0.29) is 12.5 Å². The van der Waals surface area contributed by atoms with Crippen LogP contribution in [0, 0.1) is 6.92 Å². The topological polar surface area (TPSA) is 132 Å². The molecule has 0 atom stereocenters. The molecule has 38 heavy (non-hydrogen) atoms. The van der Waals surface area contributed by atoms with Crippen molar-refractivity contribution in [2.75, 3.05) is 54.9 Å². The van der Waals surface area contributed by atoms with E-state index >= 15 is 0 Å². The van der Waals surface area contributed by atoms with Gasteiger partial charge in [0.1, 0.15) is 10.6 Å². The van der Waals surface area contributed by atoms with Crippen LogP contribution in [0.15, 0.2) is 48.8 Å². The molecule has 4 aromatic rings. The van der Waals surface area contributed by atoms with E-state index < -0.39 is 0 Å². The Labute approximate surface area is 228 Å². The fourth-order valence-electron chi connectivity index (χ4n) is 3.98. The number of carbonyl (C=O) groups excluding carboxylic acids is 1. The highest BCUT2D eigenvalue weighted by atomic mass is 35.5. The van der Waals surface area contributed by atoms with E-state index in [1.54, 1.807) is 12.3 Å². The van der Waals surface area contributed by atoms with E-state index in [0.717, 1.165) is 18.7 Å². The Hall–Kier alpha value is -3.71. The summed E-state index contributed by atoms with van der Waals surface area (Å²) >= 11 is 7.44. The van der Waals surface area contributed by atoms with Gasteiger partial charge < -0.3 is 15.3 Å². The minimum absolute atomic E-state index is 0.134. The van der Waals surface area contributed by atoms with E-state index in [9.17, 15) is 9.90 Å². The lowest BCUT2D eigenvalue weighted by Gasteiger charge is -2.34. The number of hydrogen-bond acceptors (Lipinski definition) is 11. The Morgan fingerprint density at radius 3 is 2.66 bits per heavy atom. The first kappa shape index (κ1) is 25.9. The molecular weight excluding hydrogens is 526 g/mol. The maximum absolute atomic E-state index is 12.9. The normalized spacial score (nSPS) is 13.9. The molecule has 0 saturated carbocycles. The third-order valence-electron chi connectivity index (χ3n) is 6.00. The number of hydrogen-bond donors (Lipinski definition) is 3. The first-order valence-electron chi connectivity index (χ1n) is 12.0. The summed E-state index contributed by atoms with van der Waals surface area (Å²) in [6.45, 7) is 5.68. The van der Waals surface area contributed by atoms with Crippen molar-refractivity contribution < 1.29 is 9.90 Å². The monoisotopic (exact) mass is 551 g/mol. The number of amides is 1. The summed E-state index contributed by atoms with van der Waals surface area (Å²) in [6.07, 6.45) is 3.18. The molecule has 0 unspecified atom stereocenters. The highest BCUT2D eigenvalue weighted by Gasteiger charge is 2.21. The Morgan fingerprint density at radius 2 is 1.92 bits per heavy atom. The van der Waals surface area contributed by atoms with Crippen LogP contribution in [-0.2, 0) is 0 Å². The van der Waals surface area contributed by atoms with E-state index in [4.69, 9.17) is 11.6 Å². The molecule has 1 aliphatic rings. The maximum Gasteiger partial charge on any atom is 0.267 e. The number of nitrogens with one attached hydrogen (secondary N) is 2. The third-order valence-corrected chi connectivity index (χ3v) is 7.22. The molecule has 0 radical (unpaired) electrons. The average Bonchev–Trinajstić information content (AvgIpc) is 3.40. The van der Waals surface area contributed by atoms with Gasteiger partial charge in [-0.15, -0.1) is 0 Å². The molecular formula is C25H26ClN9O2S. The highest BCUT2D eigenvalue weighted by Crippen LogP contribution is 2.28. The van der Waals surface area contributed by atoms with Crippen molar-refractivity contribution in [2.24, 2.45) is 0 Å². The molecule has 0 aliphatic carbocycles. The van der Waals surface area contributed by atoms with E-state index in [1.165, 1.54) is 17.5 Å². The minimum Gasteiger partial charge on any atom is -0.395 e. The molecule has 0 bridgehead atoms. The number of carbonyl (C=O) groups is 1. The van der Waals surface area contributed by atoms with Crippen molar-refractivity contribution in [1.29, 1.82) is 0 Å². The number of anilines is 4. The predicted molar refractivity (Wildman–Crippen MR) is 148 cm³/mol. The van der Waals surface area contributed by atoms with E-state index in [2.05, 4.69) is 45.4 Å². The van der Waals surface area contributed by atoms with Gasteiger partial charge in [0.25, 0.3) is 5.91 Å². The fourth-order valence-corrected chi connectivity index (χ4v) is 4.96. The first-order chi connectivity index (χ1) is 18.5. The van der Waals surface area contributed by atoms with Gasteiger partial charge in [-0.2, -0.15) is 15.0 Å². The van der Waals surface area contributed by atoms with Gasteiger partial charge in [-0.05, 0) is 30.7 Å². The van der Waals surface area contributed by atoms with Gasteiger partial charge in [-0.25, -0.2) is 4.98 Å². The van der Waals surface area contributed by atoms with Crippen LogP contribution in [0.2, 0.25) is 5.02 Å². The van der Waals surface area contributed by atoms with E-state index in [1.807, 2.05) is 37.3 Å². The lowest BCUT2D eigenvalue weighted by atomic mass is 10.2. The summed E-state index contributed by atoms with van der Waals surface area (Å²) in [6, 6.07) is 11.0. The number of β-amino-alcohol motifs (C(OH)–C–C–N with tert-alkyl or cyclic N) is 1. The average molecular weight is 552 g/mol. The van der Waals surface area contributed by atoms with Crippen molar-refractivity contribution in [3.05, 3.63) is 64.3 Å². The summed E-state index contributed by atoms with van der Waals surface area (Å²) in [5.41, 5.74) is 2.06. The van der Waals surface area contributed by atoms with Crippen molar-refractivity contribution >= 4 is 51.6 Å². The molecule has 11 nitrogen and oxygen atoms in total. The Morgan fingerprint density at radius 1 is 1.08 bits per heavy atom. The zero-order chi connectivity index (χ0) is 26.5. The SMILES string of the molecule is Cc1cccc(Cl)c1NC(=O)c1cnc(Nc2nc(-c3ccccn3)nc(N3CCN(CCO)CC3)n2)s1. The summed E-state index contributed by atoms with van der Waals surface area (Å²) < 4.78 is 0. The van der Waals surface area contributed by atoms with Crippen molar-refractivity contribution in [3.8, 4) is 11.5 Å². The molecule has 3 aromatic heterocycles. The standard InChI is InChI=1S/C25H26ClN9O2S/c1-16-5-4-6-17(26)20(16)29-22(37)19-15-28-25(38-19)33-23-30-21(18-7-2-3-8-27-18)31-24(32-23)35-11-9-34(10-12-35)13-14-36/h2-8,15,36H,9-14H2,1H3,(H,29,37)(H,28,30,31,32,33). The lowest BCUT2D eigenvalue weighted by molar-refractivity contribution is 0.103. The molecule has 1 fully saturated rings. The maximum atomic E-state index is 12.9. The zero-order valence-electron chi connectivity index (χ0n) is 20.6. The number of pyridine rings is 1. The molecule has 0 spiro atoms. The fraction of sp³-hybridized carbons (Fsp3) is 0.280. The van der Waals surface area contributed by atoms with Gasteiger partial charge >= 0.3 is 0 Å². The molecule has 196 valence electrons. The number of rotatable bonds is 8. The second-order valence-corrected chi connectivity index (χ2v) is 10.0. The van der Waals surface area contributed by atoms with Crippen LogP contribution in [-0.4, -0.2) is 80.2 Å². The number of nitrogens with zero attached hydrogens (tertiary/aromatic N) is 7. The quantitative estimate of drug-likeness (QED) is 0.299. The lowest BCUT2D eigenvalue weighted by Crippen LogP contribution is -2.47. The summed E-state index contributed by atoms with van der Waals surface area (Å²) in [5, 5.41) is 16.2. The molecule has 13 heteroatoms. The van der Waals surface area contributed by atoms with Gasteiger partial charge in [-0.1, -0.05) is 41.1 Å². The minimum atomic E-state index is -0.307. The van der Waals surface area contributed by atoms with Crippen molar-refractivity contribution in [2.45, 2.75) is 6.92 Å². The Balaban J connectivity index is 1.37. The number of piperazine rings is 1. The second kappa shape index (κ2) is 11.8. The molecule has 4 heterocycles. The molecule has 1 saturated heterocycles. The number of para-hydroxylation sites is 1. The third kappa shape index (κ3) is 6.05. The summed E-state index contributed by atoms with van der Waals surface area (Å²) in [4.78, 5) is 40.2. The van der Waals surface area contributed by atoms with Crippen LogP contribution in [0.4, 0.5) is 22.7 Å². The van der Waals surface area contributed by atoms with Gasteiger partial charge in [0.05, 0.1) is 23.5 Å². The van der Waals surface area contributed by atoms with Crippen LogP contribution < -0.4 is 15.5 Å². The van der Waals surface area contributed by atoms with Gasteiger partial charge in [-0.3, -0.25) is 20.0 Å². The molecule has 1 aromatic carbocycles. The van der Waals surface area contributed by atoms with Gasteiger partial charge in [0.15, 0.2) is 11.0 Å². The summed E-state index contributed by atoms with van der Waals surface area (Å²) in [5.74, 6) is 0.949. The Kier molecular flexibility index (Phi) is 8.03. The number of aliphatic hydroxyl groups excluding tert-OH is 1. The highest BCUT2D eigenvalue weighted by molar-refractivity contribution is 7.17. The van der Waals surface area contributed by atoms with Crippen molar-refractivity contribution in [3.63, 3.8) is 0 Å². The van der Waals surface area contributed by atoms with Gasteiger partial charge in [0, 0.05) is 38.9 Å². The number of thiazole rings is 1. The number of aryl methyl sites for hydroxylation is 1. The van der Waals surface area contributed by atoms with Crippen molar-refractivity contribution in [1.82, 2.24) is 29.8 Å². The van der Waals surface area contributed by atoms with Crippen LogP contribution >= 0.6 is 22.9 Å². The molecule has 1 aliphatic heterocycles. The number of aromatic nitrogens is 5.